The molecular formula is C16H13N5O4. The first-order valence-corrected chi connectivity index (χ1v) is 7.35. The fraction of sp³-hybridized carbons (Fsp3) is 0.188. The largest absolute Gasteiger partial charge is 0.477 e. The zero-order valence-electron chi connectivity index (χ0n) is 12.9. The molecule has 1 amide bonds. The Morgan fingerprint density at radius 1 is 1.44 bits per heavy atom. The minimum Gasteiger partial charge on any atom is -0.477 e. The van der Waals surface area contributed by atoms with Crippen LogP contribution in [0.15, 0.2) is 24.3 Å². The summed E-state index contributed by atoms with van der Waals surface area (Å²) in [5.41, 5.74) is 6.22. The standard InChI is InChI=1S/C16H13N5O4/c17-7-8-2-1-3-9(6-8)13-20-12(18)11(16(23)24)15(21-13)25-10-4-5-19-14(10)22/h1-3,6,10H,4-5H2,(H,19,22)(H,23,24)(H2,18,20,21)/t10-/m1/s1. The molecule has 1 aliphatic heterocycles. The zero-order valence-corrected chi connectivity index (χ0v) is 12.9. The molecule has 0 unspecified atom stereocenters. The molecule has 3 rings (SSSR count). The molecule has 1 aromatic carbocycles. The molecule has 1 fully saturated rings. The van der Waals surface area contributed by atoms with Crippen LogP contribution in [-0.4, -0.2) is 39.6 Å². The molecule has 9 heteroatoms. The van der Waals surface area contributed by atoms with Crippen LogP contribution in [0.25, 0.3) is 11.4 Å². The molecule has 126 valence electrons. The molecule has 0 spiro atoms. The molecule has 0 aliphatic carbocycles. The Kier molecular flexibility index (Phi) is 4.18. The summed E-state index contributed by atoms with van der Waals surface area (Å²) in [5, 5.41) is 20.9. The molecule has 1 aromatic heterocycles. The summed E-state index contributed by atoms with van der Waals surface area (Å²) in [6.45, 7) is 0.434. The van der Waals surface area contributed by atoms with Gasteiger partial charge in [0.05, 0.1) is 11.6 Å². The SMILES string of the molecule is N#Cc1cccc(-c2nc(N)c(C(=O)O)c(O[C@@H]3CCNC3=O)n2)c1. The normalized spacial score (nSPS) is 16.1. The Bertz CT molecular complexity index is 906. The van der Waals surface area contributed by atoms with E-state index in [2.05, 4.69) is 15.3 Å². The van der Waals surface area contributed by atoms with Crippen LogP contribution >= 0.6 is 0 Å². The van der Waals surface area contributed by atoms with Crippen molar-refractivity contribution in [3.8, 4) is 23.3 Å². The van der Waals surface area contributed by atoms with Gasteiger partial charge in [-0.15, -0.1) is 0 Å². The van der Waals surface area contributed by atoms with Crippen LogP contribution in [0.3, 0.4) is 0 Å². The average Bonchev–Trinajstić information content (AvgIpc) is 2.99. The van der Waals surface area contributed by atoms with Crippen LogP contribution in [0.5, 0.6) is 5.88 Å². The van der Waals surface area contributed by atoms with Gasteiger partial charge in [-0.05, 0) is 12.1 Å². The van der Waals surface area contributed by atoms with E-state index in [0.29, 0.717) is 24.1 Å². The first-order valence-electron chi connectivity index (χ1n) is 7.35. The lowest BCUT2D eigenvalue weighted by Gasteiger charge is -2.14. The van der Waals surface area contributed by atoms with Crippen LogP contribution in [-0.2, 0) is 4.79 Å². The summed E-state index contributed by atoms with van der Waals surface area (Å²) in [7, 11) is 0. The van der Waals surface area contributed by atoms with Crippen molar-refractivity contribution in [3.05, 3.63) is 35.4 Å². The van der Waals surface area contributed by atoms with Gasteiger partial charge in [-0.1, -0.05) is 12.1 Å². The van der Waals surface area contributed by atoms with E-state index in [1.165, 1.54) is 0 Å². The zero-order chi connectivity index (χ0) is 18.0. The summed E-state index contributed by atoms with van der Waals surface area (Å²) < 4.78 is 5.49. The predicted molar refractivity (Wildman–Crippen MR) is 85.6 cm³/mol. The van der Waals surface area contributed by atoms with Gasteiger partial charge < -0.3 is 20.9 Å². The number of aromatic carboxylic acids is 1. The van der Waals surface area contributed by atoms with Gasteiger partial charge in [-0.3, -0.25) is 4.79 Å². The van der Waals surface area contributed by atoms with Gasteiger partial charge in [0.25, 0.3) is 5.91 Å². The summed E-state index contributed by atoms with van der Waals surface area (Å²) in [6.07, 6.45) is -0.452. The molecule has 1 aliphatic rings. The maximum atomic E-state index is 11.7. The van der Waals surface area contributed by atoms with E-state index in [1.54, 1.807) is 24.3 Å². The van der Waals surface area contributed by atoms with Crippen molar-refractivity contribution in [1.82, 2.24) is 15.3 Å². The lowest BCUT2D eigenvalue weighted by molar-refractivity contribution is -0.125. The number of hydrogen-bond acceptors (Lipinski definition) is 7. The topological polar surface area (TPSA) is 151 Å². The highest BCUT2D eigenvalue weighted by Gasteiger charge is 2.30. The van der Waals surface area contributed by atoms with Gasteiger partial charge in [0.1, 0.15) is 5.82 Å². The van der Waals surface area contributed by atoms with Gasteiger partial charge in [0, 0.05) is 18.5 Å². The lowest BCUT2D eigenvalue weighted by atomic mass is 10.1. The van der Waals surface area contributed by atoms with Crippen LogP contribution in [0.2, 0.25) is 0 Å². The number of nitriles is 1. The summed E-state index contributed by atoms with van der Waals surface area (Å²) in [6, 6.07) is 8.45. The van der Waals surface area contributed by atoms with Gasteiger partial charge in [-0.25, -0.2) is 9.78 Å². The number of nitrogen functional groups attached to an aromatic ring is 1. The Morgan fingerprint density at radius 3 is 2.88 bits per heavy atom. The Morgan fingerprint density at radius 2 is 2.24 bits per heavy atom. The third kappa shape index (κ3) is 3.18. The minimum absolute atomic E-state index is 0.105. The van der Waals surface area contributed by atoms with E-state index in [4.69, 9.17) is 15.7 Å². The first-order chi connectivity index (χ1) is 12.0. The molecule has 2 aromatic rings. The van der Waals surface area contributed by atoms with E-state index in [-0.39, 0.29) is 23.4 Å². The number of carboxylic acid groups (broad SMARTS) is 1. The Hall–Kier alpha value is -3.67. The average molecular weight is 339 g/mol. The van der Waals surface area contributed by atoms with Gasteiger partial charge in [0.15, 0.2) is 17.5 Å². The molecule has 9 nitrogen and oxygen atoms in total. The summed E-state index contributed by atoms with van der Waals surface area (Å²) in [5.74, 6) is -2.16. The molecule has 0 saturated carbocycles. The van der Waals surface area contributed by atoms with Gasteiger partial charge >= 0.3 is 5.97 Å². The molecule has 0 bridgehead atoms. The third-order valence-corrected chi connectivity index (χ3v) is 3.62. The molecule has 25 heavy (non-hydrogen) atoms. The number of nitrogens with zero attached hydrogens (tertiary/aromatic N) is 3. The second-order valence-electron chi connectivity index (χ2n) is 5.30. The van der Waals surface area contributed by atoms with E-state index in [9.17, 15) is 14.7 Å². The molecule has 1 saturated heterocycles. The maximum absolute atomic E-state index is 11.7. The van der Waals surface area contributed by atoms with Crippen molar-refractivity contribution in [3.63, 3.8) is 0 Å². The number of benzene rings is 1. The fourth-order valence-corrected chi connectivity index (χ4v) is 2.42. The number of carbonyl (C=O) groups is 2. The predicted octanol–water partition coefficient (Wildman–Crippen LogP) is 0.563. The Balaban J connectivity index is 2.08. The summed E-state index contributed by atoms with van der Waals surface area (Å²) >= 11 is 0. The highest BCUT2D eigenvalue weighted by Crippen LogP contribution is 2.27. The van der Waals surface area contributed by atoms with Crippen LogP contribution in [0, 0.1) is 11.3 Å². The minimum atomic E-state index is -1.36. The molecule has 4 N–H and O–H groups in total. The third-order valence-electron chi connectivity index (χ3n) is 3.62. The molecular weight excluding hydrogens is 326 g/mol. The van der Waals surface area contributed by atoms with Gasteiger partial charge in [-0.2, -0.15) is 10.2 Å². The van der Waals surface area contributed by atoms with Crippen molar-refractivity contribution >= 4 is 17.7 Å². The number of amides is 1. The molecule has 2 heterocycles. The quantitative estimate of drug-likeness (QED) is 0.731. The highest BCUT2D eigenvalue weighted by molar-refractivity contribution is 5.95. The van der Waals surface area contributed by atoms with Crippen molar-refractivity contribution in [1.29, 1.82) is 5.26 Å². The number of carboxylic acids is 1. The smallest absolute Gasteiger partial charge is 0.345 e. The molecule has 0 radical (unpaired) electrons. The fourth-order valence-electron chi connectivity index (χ4n) is 2.42. The lowest BCUT2D eigenvalue weighted by Crippen LogP contribution is -2.29. The highest BCUT2D eigenvalue weighted by atomic mass is 16.5. The van der Waals surface area contributed by atoms with Crippen LogP contribution in [0.1, 0.15) is 22.3 Å². The van der Waals surface area contributed by atoms with Crippen molar-refractivity contribution in [2.75, 3.05) is 12.3 Å². The van der Waals surface area contributed by atoms with E-state index < -0.39 is 17.6 Å². The Labute approximate surface area is 142 Å². The van der Waals surface area contributed by atoms with Crippen LogP contribution < -0.4 is 15.8 Å². The second-order valence-corrected chi connectivity index (χ2v) is 5.30. The van der Waals surface area contributed by atoms with E-state index in [0.717, 1.165) is 0 Å². The van der Waals surface area contributed by atoms with Crippen LogP contribution in [0.4, 0.5) is 5.82 Å². The van der Waals surface area contributed by atoms with E-state index >= 15 is 0 Å². The number of rotatable bonds is 4. The number of nitrogens with two attached hydrogens (primary N) is 1. The number of ether oxygens (including phenoxy) is 1. The van der Waals surface area contributed by atoms with Crippen molar-refractivity contribution in [2.24, 2.45) is 0 Å². The van der Waals surface area contributed by atoms with Crippen molar-refractivity contribution in [2.45, 2.75) is 12.5 Å². The monoisotopic (exact) mass is 339 g/mol. The molecule has 1 atom stereocenters. The number of carbonyl (C=O) groups excluding carboxylic acids is 1. The second kappa shape index (κ2) is 6.45. The first kappa shape index (κ1) is 16.2. The van der Waals surface area contributed by atoms with E-state index in [1.807, 2.05) is 6.07 Å². The van der Waals surface area contributed by atoms with Crippen molar-refractivity contribution < 1.29 is 19.4 Å². The number of aromatic nitrogens is 2. The number of anilines is 1. The number of nitrogens with one attached hydrogen (secondary N) is 1. The summed E-state index contributed by atoms with van der Waals surface area (Å²) in [4.78, 5) is 31.3. The maximum Gasteiger partial charge on any atom is 0.345 e. The number of hydrogen-bond donors (Lipinski definition) is 3. The van der Waals surface area contributed by atoms with Gasteiger partial charge in [0.2, 0.25) is 5.88 Å².